The molecule has 0 aromatic heterocycles. The third-order valence-electron chi connectivity index (χ3n) is 3.93. The smallest absolute Gasteiger partial charge is 0.124 e. The van der Waals surface area contributed by atoms with E-state index < -0.39 is 6.10 Å². The number of aliphatic hydroxyl groups is 2. The molecule has 0 saturated carbocycles. The number of rotatable bonds is 11. The van der Waals surface area contributed by atoms with Crippen molar-refractivity contribution in [1.82, 2.24) is 0 Å². The van der Waals surface area contributed by atoms with E-state index in [1.54, 1.807) is 0 Å². The Morgan fingerprint density at radius 3 is 2.54 bits per heavy atom. The van der Waals surface area contributed by atoms with Gasteiger partial charge in [0.15, 0.2) is 0 Å². The Labute approximate surface area is 146 Å². The minimum absolute atomic E-state index is 0.0857. The molecule has 134 valence electrons. The van der Waals surface area contributed by atoms with Crippen LogP contribution in [-0.4, -0.2) is 16.8 Å². The number of ether oxygens (including phenoxy) is 1. The lowest BCUT2D eigenvalue weighted by molar-refractivity contribution is 0.173. The van der Waals surface area contributed by atoms with Gasteiger partial charge in [-0.05, 0) is 49.3 Å². The highest BCUT2D eigenvalue weighted by molar-refractivity contribution is 5.37. The van der Waals surface area contributed by atoms with Crippen molar-refractivity contribution >= 4 is 0 Å². The van der Waals surface area contributed by atoms with Crippen LogP contribution in [0.25, 0.3) is 0 Å². The molecule has 2 atom stereocenters. The highest BCUT2D eigenvalue weighted by Crippen LogP contribution is 2.25. The Kier molecular flexibility index (Phi) is 10.1. The Bertz CT molecular complexity index is 520. The van der Waals surface area contributed by atoms with Gasteiger partial charge in [0.1, 0.15) is 5.75 Å². The SMILES string of the molecule is CC/C=C\C/C=C\CC(C)COc1ccc(C(O)CC)cc1CO. The van der Waals surface area contributed by atoms with Gasteiger partial charge in [-0.1, -0.05) is 51.1 Å². The molecule has 0 heterocycles. The average molecular weight is 332 g/mol. The number of allylic oxidation sites excluding steroid dienone is 4. The van der Waals surface area contributed by atoms with Gasteiger partial charge in [0.25, 0.3) is 0 Å². The fourth-order valence-electron chi connectivity index (χ4n) is 2.37. The first kappa shape index (κ1) is 20.5. The van der Waals surface area contributed by atoms with E-state index in [1.165, 1.54) is 0 Å². The zero-order valence-electron chi connectivity index (χ0n) is 15.2. The van der Waals surface area contributed by atoms with E-state index in [0.29, 0.717) is 24.7 Å². The van der Waals surface area contributed by atoms with Crippen LogP contribution in [0.1, 0.15) is 63.7 Å². The first-order chi connectivity index (χ1) is 11.6. The molecular formula is C21H32O3. The van der Waals surface area contributed by atoms with E-state index in [4.69, 9.17) is 4.74 Å². The molecule has 1 aromatic rings. The fourth-order valence-corrected chi connectivity index (χ4v) is 2.37. The molecule has 2 unspecified atom stereocenters. The number of hydrogen-bond donors (Lipinski definition) is 2. The van der Waals surface area contributed by atoms with Gasteiger partial charge < -0.3 is 14.9 Å². The van der Waals surface area contributed by atoms with Gasteiger partial charge in [-0.15, -0.1) is 0 Å². The van der Waals surface area contributed by atoms with Gasteiger partial charge in [-0.2, -0.15) is 0 Å². The molecule has 1 rings (SSSR count). The molecule has 3 heteroatoms. The summed E-state index contributed by atoms with van der Waals surface area (Å²) in [7, 11) is 0. The summed E-state index contributed by atoms with van der Waals surface area (Å²) in [5.41, 5.74) is 1.55. The van der Waals surface area contributed by atoms with Gasteiger partial charge in [0.05, 0.1) is 19.3 Å². The van der Waals surface area contributed by atoms with Crippen LogP contribution in [0, 0.1) is 5.92 Å². The molecule has 24 heavy (non-hydrogen) atoms. The normalized spacial score (nSPS) is 14.4. The Balaban J connectivity index is 2.49. The Morgan fingerprint density at radius 1 is 1.12 bits per heavy atom. The summed E-state index contributed by atoms with van der Waals surface area (Å²) in [6.45, 7) is 6.74. The van der Waals surface area contributed by atoms with Crippen molar-refractivity contribution in [2.45, 2.75) is 59.2 Å². The predicted octanol–water partition coefficient (Wildman–Crippen LogP) is 4.94. The molecule has 0 amide bonds. The van der Waals surface area contributed by atoms with Crippen LogP contribution in [0.2, 0.25) is 0 Å². The fraction of sp³-hybridized carbons (Fsp3) is 0.524. The highest BCUT2D eigenvalue weighted by Gasteiger charge is 2.10. The van der Waals surface area contributed by atoms with Crippen molar-refractivity contribution in [3.8, 4) is 5.75 Å². The summed E-state index contributed by atoms with van der Waals surface area (Å²) in [4.78, 5) is 0. The average Bonchev–Trinajstić information content (AvgIpc) is 2.61. The van der Waals surface area contributed by atoms with Gasteiger partial charge >= 0.3 is 0 Å². The van der Waals surface area contributed by atoms with E-state index in [9.17, 15) is 10.2 Å². The zero-order chi connectivity index (χ0) is 17.8. The van der Waals surface area contributed by atoms with Crippen molar-refractivity contribution in [2.24, 2.45) is 5.92 Å². The maximum atomic E-state index is 9.90. The largest absolute Gasteiger partial charge is 0.493 e. The van der Waals surface area contributed by atoms with Crippen LogP contribution in [0.5, 0.6) is 5.75 Å². The van der Waals surface area contributed by atoms with Crippen LogP contribution < -0.4 is 4.74 Å². The lowest BCUT2D eigenvalue weighted by Crippen LogP contribution is -2.09. The van der Waals surface area contributed by atoms with Gasteiger partial charge in [-0.3, -0.25) is 0 Å². The van der Waals surface area contributed by atoms with Crippen LogP contribution >= 0.6 is 0 Å². The van der Waals surface area contributed by atoms with E-state index in [2.05, 4.69) is 38.2 Å². The maximum absolute atomic E-state index is 9.90. The van der Waals surface area contributed by atoms with Crippen LogP contribution in [0.4, 0.5) is 0 Å². The monoisotopic (exact) mass is 332 g/mol. The predicted molar refractivity (Wildman–Crippen MR) is 100 cm³/mol. The standard InChI is InChI=1S/C21H32O3/c1-4-6-7-8-9-10-11-17(3)16-24-21-13-12-18(20(23)5-2)14-19(21)15-22/h6-7,9-10,12-14,17,20,22-23H,4-5,8,11,15-16H2,1-3H3/b7-6-,10-9-. The zero-order valence-corrected chi connectivity index (χ0v) is 15.2. The van der Waals surface area contributed by atoms with Gasteiger partial charge in [-0.25, -0.2) is 0 Å². The second kappa shape index (κ2) is 11.9. The third-order valence-corrected chi connectivity index (χ3v) is 3.93. The second-order valence-electron chi connectivity index (χ2n) is 6.19. The summed E-state index contributed by atoms with van der Waals surface area (Å²) < 4.78 is 5.86. The van der Waals surface area contributed by atoms with E-state index >= 15 is 0 Å². The molecule has 0 aliphatic carbocycles. The minimum atomic E-state index is -0.491. The van der Waals surface area contributed by atoms with Crippen molar-refractivity contribution < 1.29 is 14.9 Å². The van der Waals surface area contributed by atoms with Crippen molar-refractivity contribution in [3.05, 3.63) is 53.6 Å². The second-order valence-corrected chi connectivity index (χ2v) is 6.19. The lowest BCUT2D eigenvalue weighted by Gasteiger charge is -2.16. The first-order valence-corrected chi connectivity index (χ1v) is 8.96. The van der Waals surface area contributed by atoms with Crippen LogP contribution in [0.3, 0.4) is 0 Å². The van der Waals surface area contributed by atoms with E-state index in [-0.39, 0.29) is 6.61 Å². The van der Waals surface area contributed by atoms with E-state index in [0.717, 1.165) is 30.4 Å². The third kappa shape index (κ3) is 7.33. The molecule has 0 fully saturated rings. The number of aliphatic hydroxyl groups excluding tert-OH is 2. The van der Waals surface area contributed by atoms with Crippen molar-refractivity contribution in [1.29, 1.82) is 0 Å². The summed E-state index contributed by atoms with van der Waals surface area (Å²) in [6.07, 6.45) is 11.9. The quantitative estimate of drug-likeness (QED) is 0.564. The lowest BCUT2D eigenvalue weighted by atomic mass is 10.0. The summed E-state index contributed by atoms with van der Waals surface area (Å²) in [5.74, 6) is 1.11. The minimum Gasteiger partial charge on any atom is -0.493 e. The molecule has 0 radical (unpaired) electrons. The molecule has 0 aliphatic rings. The molecule has 0 spiro atoms. The molecule has 2 N–H and O–H groups in total. The van der Waals surface area contributed by atoms with Crippen molar-refractivity contribution in [3.63, 3.8) is 0 Å². The topological polar surface area (TPSA) is 49.7 Å². The molecular weight excluding hydrogens is 300 g/mol. The van der Waals surface area contributed by atoms with Crippen LogP contribution in [-0.2, 0) is 6.61 Å². The first-order valence-electron chi connectivity index (χ1n) is 8.96. The Hall–Kier alpha value is -1.58. The number of benzene rings is 1. The molecule has 1 aromatic carbocycles. The number of hydrogen-bond acceptors (Lipinski definition) is 3. The summed E-state index contributed by atoms with van der Waals surface area (Å²) >= 11 is 0. The van der Waals surface area contributed by atoms with Gasteiger partial charge in [0.2, 0.25) is 0 Å². The summed E-state index contributed by atoms with van der Waals surface area (Å²) in [6, 6.07) is 5.54. The highest BCUT2D eigenvalue weighted by atomic mass is 16.5. The molecule has 0 saturated heterocycles. The Morgan fingerprint density at radius 2 is 1.88 bits per heavy atom. The van der Waals surface area contributed by atoms with Gasteiger partial charge in [0, 0.05) is 5.56 Å². The van der Waals surface area contributed by atoms with Crippen molar-refractivity contribution in [2.75, 3.05) is 6.61 Å². The summed E-state index contributed by atoms with van der Waals surface area (Å²) in [5, 5.41) is 19.4. The molecule has 3 nitrogen and oxygen atoms in total. The molecule has 0 bridgehead atoms. The molecule has 0 aliphatic heterocycles. The van der Waals surface area contributed by atoms with Crippen LogP contribution in [0.15, 0.2) is 42.5 Å². The maximum Gasteiger partial charge on any atom is 0.124 e. The van der Waals surface area contributed by atoms with E-state index in [1.807, 2.05) is 25.1 Å².